The van der Waals surface area contributed by atoms with E-state index in [-0.39, 0.29) is 0 Å². The van der Waals surface area contributed by atoms with Crippen molar-refractivity contribution in [2.75, 3.05) is 6.54 Å². The molecule has 2 N–H and O–H groups in total. The van der Waals surface area contributed by atoms with Gasteiger partial charge < -0.3 is 5.73 Å². The van der Waals surface area contributed by atoms with Crippen LogP contribution in [-0.2, 0) is 6.42 Å². The third-order valence-electron chi connectivity index (χ3n) is 3.29. The highest BCUT2D eigenvalue weighted by molar-refractivity contribution is 5.25. The van der Waals surface area contributed by atoms with Crippen LogP contribution < -0.4 is 5.73 Å². The molecule has 0 saturated heterocycles. The Balaban J connectivity index is 2.26. The maximum absolute atomic E-state index is 5.66. The molecule has 1 aromatic rings. The number of hydrogen-bond acceptors (Lipinski definition) is 2. The molecule has 84 valence electrons. The lowest BCUT2D eigenvalue weighted by Gasteiger charge is -2.20. The molecule has 1 unspecified atom stereocenters. The van der Waals surface area contributed by atoms with Crippen LogP contribution in [0.15, 0.2) is 6.20 Å². The van der Waals surface area contributed by atoms with Crippen LogP contribution in [0, 0.1) is 0 Å². The Hall–Kier alpha value is -0.830. The molecule has 2 rings (SSSR count). The summed E-state index contributed by atoms with van der Waals surface area (Å²) in [5.41, 5.74) is 8.43. The molecule has 1 aromatic heterocycles. The fourth-order valence-electron chi connectivity index (χ4n) is 2.42. The van der Waals surface area contributed by atoms with Gasteiger partial charge in [0.05, 0.1) is 5.69 Å². The van der Waals surface area contributed by atoms with Gasteiger partial charge in [0.25, 0.3) is 0 Å². The standard InChI is InChI=1S/C12H21N3/c1-9(2)15-8-11-10(6-7-13)4-3-5-12(11)14-15/h8-10H,3-7,13H2,1-2H3. The first kappa shape index (κ1) is 10.7. The van der Waals surface area contributed by atoms with Gasteiger partial charge in [-0.05, 0) is 57.6 Å². The van der Waals surface area contributed by atoms with Gasteiger partial charge in [0.2, 0.25) is 0 Å². The van der Waals surface area contributed by atoms with E-state index in [2.05, 4.69) is 29.8 Å². The van der Waals surface area contributed by atoms with Gasteiger partial charge in [-0.1, -0.05) is 0 Å². The lowest BCUT2D eigenvalue weighted by atomic mass is 9.85. The topological polar surface area (TPSA) is 43.8 Å². The molecule has 0 radical (unpaired) electrons. The molecule has 3 nitrogen and oxygen atoms in total. The minimum atomic E-state index is 0.467. The fraction of sp³-hybridized carbons (Fsp3) is 0.750. The smallest absolute Gasteiger partial charge is 0.0659 e. The molecule has 0 aromatic carbocycles. The van der Waals surface area contributed by atoms with Gasteiger partial charge in [0, 0.05) is 12.2 Å². The van der Waals surface area contributed by atoms with Crippen molar-refractivity contribution in [2.24, 2.45) is 5.73 Å². The highest BCUT2D eigenvalue weighted by atomic mass is 15.3. The summed E-state index contributed by atoms with van der Waals surface area (Å²) in [5, 5.41) is 4.66. The lowest BCUT2D eigenvalue weighted by Crippen LogP contribution is -2.12. The maximum Gasteiger partial charge on any atom is 0.0659 e. The zero-order chi connectivity index (χ0) is 10.8. The normalized spacial score (nSPS) is 20.7. The highest BCUT2D eigenvalue weighted by Gasteiger charge is 2.23. The number of rotatable bonds is 3. The summed E-state index contributed by atoms with van der Waals surface area (Å²) in [6.07, 6.45) is 7.05. The molecule has 1 heterocycles. The van der Waals surface area contributed by atoms with Gasteiger partial charge in [0.1, 0.15) is 0 Å². The summed E-state index contributed by atoms with van der Waals surface area (Å²) >= 11 is 0. The van der Waals surface area contributed by atoms with Crippen molar-refractivity contribution >= 4 is 0 Å². The summed E-state index contributed by atoms with van der Waals surface area (Å²) in [6.45, 7) is 5.14. The number of fused-ring (bicyclic) bond motifs is 1. The summed E-state index contributed by atoms with van der Waals surface area (Å²) in [7, 11) is 0. The highest BCUT2D eigenvalue weighted by Crippen LogP contribution is 2.33. The zero-order valence-electron chi connectivity index (χ0n) is 9.74. The van der Waals surface area contributed by atoms with Crippen LogP contribution >= 0.6 is 0 Å². The Labute approximate surface area is 91.7 Å². The van der Waals surface area contributed by atoms with Crippen molar-refractivity contribution in [1.82, 2.24) is 9.78 Å². The van der Waals surface area contributed by atoms with Crippen molar-refractivity contribution in [3.05, 3.63) is 17.5 Å². The minimum absolute atomic E-state index is 0.467. The van der Waals surface area contributed by atoms with E-state index in [0.717, 1.165) is 19.4 Å². The van der Waals surface area contributed by atoms with Crippen LogP contribution in [0.5, 0.6) is 0 Å². The molecule has 0 bridgehead atoms. The molecule has 15 heavy (non-hydrogen) atoms. The second-order valence-electron chi connectivity index (χ2n) is 4.77. The van der Waals surface area contributed by atoms with E-state index in [1.165, 1.54) is 24.1 Å². The predicted octanol–water partition coefficient (Wildman–Crippen LogP) is 2.23. The van der Waals surface area contributed by atoms with E-state index in [0.29, 0.717) is 12.0 Å². The first-order chi connectivity index (χ1) is 7.22. The Morgan fingerprint density at radius 3 is 3.07 bits per heavy atom. The van der Waals surface area contributed by atoms with E-state index >= 15 is 0 Å². The van der Waals surface area contributed by atoms with E-state index in [1.54, 1.807) is 0 Å². The molecule has 3 heteroatoms. The molecule has 0 saturated carbocycles. The molecular formula is C12H21N3. The summed E-state index contributed by atoms with van der Waals surface area (Å²) in [6, 6.07) is 0.467. The molecule has 1 atom stereocenters. The van der Waals surface area contributed by atoms with Gasteiger partial charge in [0.15, 0.2) is 0 Å². The van der Waals surface area contributed by atoms with Gasteiger partial charge >= 0.3 is 0 Å². The number of aryl methyl sites for hydroxylation is 1. The number of aromatic nitrogens is 2. The van der Waals surface area contributed by atoms with Crippen molar-refractivity contribution in [2.45, 2.75) is 51.5 Å². The first-order valence-electron chi connectivity index (χ1n) is 6.00. The van der Waals surface area contributed by atoms with E-state index in [9.17, 15) is 0 Å². The quantitative estimate of drug-likeness (QED) is 0.826. The van der Waals surface area contributed by atoms with Gasteiger partial charge in [-0.15, -0.1) is 0 Å². The molecule has 0 spiro atoms. The van der Waals surface area contributed by atoms with Crippen LogP contribution in [0.4, 0.5) is 0 Å². The van der Waals surface area contributed by atoms with Gasteiger partial charge in [-0.3, -0.25) is 4.68 Å². The van der Waals surface area contributed by atoms with Crippen molar-refractivity contribution in [3.8, 4) is 0 Å². The number of hydrogen-bond donors (Lipinski definition) is 1. The summed E-state index contributed by atoms with van der Waals surface area (Å²) < 4.78 is 2.10. The molecule has 1 aliphatic rings. The average Bonchev–Trinajstić information content (AvgIpc) is 2.63. The Morgan fingerprint density at radius 2 is 2.40 bits per heavy atom. The van der Waals surface area contributed by atoms with Crippen LogP contribution in [0.3, 0.4) is 0 Å². The third-order valence-corrected chi connectivity index (χ3v) is 3.29. The Bertz CT molecular complexity index is 328. The average molecular weight is 207 g/mol. The van der Waals surface area contributed by atoms with Crippen molar-refractivity contribution < 1.29 is 0 Å². The summed E-state index contributed by atoms with van der Waals surface area (Å²) in [5.74, 6) is 0.659. The molecule has 0 aliphatic heterocycles. The minimum Gasteiger partial charge on any atom is -0.330 e. The third kappa shape index (κ3) is 2.07. The maximum atomic E-state index is 5.66. The monoisotopic (exact) mass is 207 g/mol. The van der Waals surface area contributed by atoms with E-state index in [1.807, 2.05) is 0 Å². The molecule has 0 fully saturated rings. The first-order valence-corrected chi connectivity index (χ1v) is 6.00. The van der Waals surface area contributed by atoms with Crippen LogP contribution in [0.25, 0.3) is 0 Å². The van der Waals surface area contributed by atoms with E-state index < -0.39 is 0 Å². The zero-order valence-corrected chi connectivity index (χ0v) is 9.74. The van der Waals surface area contributed by atoms with E-state index in [4.69, 9.17) is 5.73 Å². The second-order valence-corrected chi connectivity index (χ2v) is 4.77. The van der Waals surface area contributed by atoms with Crippen LogP contribution in [0.2, 0.25) is 0 Å². The van der Waals surface area contributed by atoms with Crippen LogP contribution in [0.1, 0.15) is 56.3 Å². The second kappa shape index (κ2) is 4.35. The van der Waals surface area contributed by atoms with Crippen molar-refractivity contribution in [3.63, 3.8) is 0 Å². The SMILES string of the molecule is CC(C)n1cc2c(n1)CCCC2CCN. The predicted molar refractivity (Wildman–Crippen MR) is 62.0 cm³/mol. The number of nitrogens with two attached hydrogens (primary N) is 1. The Morgan fingerprint density at radius 1 is 1.60 bits per heavy atom. The molecule has 1 aliphatic carbocycles. The van der Waals surface area contributed by atoms with Crippen molar-refractivity contribution in [1.29, 1.82) is 0 Å². The van der Waals surface area contributed by atoms with Gasteiger partial charge in [-0.2, -0.15) is 5.10 Å². The lowest BCUT2D eigenvalue weighted by molar-refractivity contribution is 0.516. The largest absolute Gasteiger partial charge is 0.330 e. The fourth-order valence-corrected chi connectivity index (χ4v) is 2.42. The summed E-state index contributed by atoms with van der Waals surface area (Å²) in [4.78, 5) is 0. The van der Waals surface area contributed by atoms with Gasteiger partial charge in [-0.25, -0.2) is 0 Å². The van der Waals surface area contributed by atoms with Crippen LogP contribution in [-0.4, -0.2) is 16.3 Å². The Kier molecular flexibility index (Phi) is 3.10. The molecular weight excluding hydrogens is 186 g/mol. The molecule has 0 amide bonds. The number of nitrogens with zero attached hydrogens (tertiary/aromatic N) is 2.